The summed E-state index contributed by atoms with van der Waals surface area (Å²) in [5.41, 5.74) is 12.5. The van der Waals surface area contributed by atoms with Crippen LogP contribution in [0.25, 0.3) is 0 Å². The molecule has 5 N–H and O–H groups in total. The first-order valence-electron chi connectivity index (χ1n) is 8.75. The molecule has 1 aliphatic rings. The number of nitrogen functional groups attached to an aromatic ring is 1. The predicted molar refractivity (Wildman–Crippen MR) is 107 cm³/mol. The highest BCUT2D eigenvalue weighted by molar-refractivity contribution is 5.86. The molecular formula is C19H25N7. The Labute approximate surface area is 153 Å². The van der Waals surface area contributed by atoms with E-state index in [9.17, 15) is 0 Å². The van der Waals surface area contributed by atoms with Crippen LogP contribution in [0.2, 0.25) is 0 Å². The van der Waals surface area contributed by atoms with Crippen LogP contribution in [0.15, 0.2) is 47.5 Å². The Hall–Kier alpha value is -3.09. The molecule has 1 fully saturated rings. The van der Waals surface area contributed by atoms with Gasteiger partial charge in [0.2, 0.25) is 5.95 Å². The molecule has 3 rings (SSSR count). The third-order valence-corrected chi connectivity index (χ3v) is 4.20. The molecule has 1 aliphatic carbocycles. The van der Waals surface area contributed by atoms with E-state index >= 15 is 0 Å². The molecule has 1 aromatic heterocycles. The number of hydrogen-bond acceptors (Lipinski definition) is 7. The highest BCUT2D eigenvalue weighted by Gasteiger charge is 2.24. The molecule has 0 atom stereocenters. The SMILES string of the molecule is C/C=C(\N/N=C(\C)C1CC1)Nc1nc(Nc2ccc(N)cc2)ncc1C. The zero-order valence-electron chi connectivity index (χ0n) is 15.4. The molecule has 0 saturated heterocycles. The third-order valence-electron chi connectivity index (χ3n) is 4.20. The van der Waals surface area contributed by atoms with Crippen LogP contribution in [0.1, 0.15) is 32.3 Å². The molecule has 0 amide bonds. The molecule has 1 aromatic carbocycles. The lowest BCUT2D eigenvalue weighted by atomic mass is 10.3. The maximum Gasteiger partial charge on any atom is 0.229 e. The van der Waals surface area contributed by atoms with Crippen LogP contribution in [0.3, 0.4) is 0 Å². The zero-order valence-corrected chi connectivity index (χ0v) is 15.4. The van der Waals surface area contributed by atoms with Crippen molar-refractivity contribution in [3.8, 4) is 0 Å². The quantitative estimate of drug-likeness (QED) is 0.344. The van der Waals surface area contributed by atoms with E-state index in [0.717, 1.165) is 28.6 Å². The minimum Gasteiger partial charge on any atom is -0.399 e. The lowest BCUT2D eigenvalue weighted by Gasteiger charge is -2.13. The molecule has 136 valence electrons. The number of aromatic nitrogens is 2. The summed E-state index contributed by atoms with van der Waals surface area (Å²) in [5.74, 6) is 2.65. The number of nitrogens with zero attached hydrogens (tertiary/aromatic N) is 3. The molecular weight excluding hydrogens is 326 g/mol. The molecule has 2 aromatic rings. The van der Waals surface area contributed by atoms with Gasteiger partial charge in [0.1, 0.15) is 11.6 Å². The van der Waals surface area contributed by atoms with E-state index in [4.69, 9.17) is 5.73 Å². The van der Waals surface area contributed by atoms with Crippen LogP contribution in [-0.2, 0) is 0 Å². The van der Waals surface area contributed by atoms with Crippen LogP contribution < -0.4 is 21.8 Å². The summed E-state index contributed by atoms with van der Waals surface area (Å²) in [6, 6.07) is 7.44. The van der Waals surface area contributed by atoms with Gasteiger partial charge in [-0.05, 0) is 69.9 Å². The van der Waals surface area contributed by atoms with Crippen molar-refractivity contribution < 1.29 is 0 Å². The van der Waals surface area contributed by atoms with Gasteiger partial charge in [0.15, 0.2) is 0 Å². The normalized spacial score (nSPS) is 14.9. The van der Waals surface area contributed by atoms with Gasteiger partial charge in [0.25, 0.3) is 0 Å². The first-order chi connectivity index (χ1) is 12.5. The van der Waals surface area contributed by atoms with Crippen LogP contribution in [0, 0.1) is 12.8 Å². The molecule has 0 unspecified atom stereocenters. The van der Waals surface area contributed by atoms with Crippen molar-refractivity contribution in [2.24, 2.45) is 11.0 Å². The van der Waals surface area contributed by atoms with Gasteiger partial charge in [-0.1, -0.05) is 0 Å². The van der Waals surface area contributed by atoms with Crippen LogP contribution in [0.4, 0.5) is 23.1 Å². The molecule has 1 heterocycles. The summed E-state index contributed by atoms with van der Waals surface area (Å²) in [5, 5.41) is 10.9. The smallest absolute Gasteiger partial charge is 0.229 e. The van der Waals surface area contributed by atoms with E-state index in [1.807, 2.05) is 44.2 Å². The Kier molecular flexibility index (Phi) is 5.36. The van der Waals surface area contributed by atoms with Crippen molar-refractivity contribution in [1.29, 1.82) is 0 Å². The summed E-state index contributed by atoms with van der Waals surface area (Å²) in [6.07, 6.45) is 6.18. The number of nitrogens with one attached hydrogen (secondary N) is 3. The summed E-state index contributed by atoms with van der Waals surface area (Å²) >= 11 is 0. The van der Waals surface area contributed by atoms with Crippen molar-refractivity contribution >= 4 is 28.9 Å². The number of hydrazone groups is 1. The summed E-state index contributed by atoms with van der Waals surface area (Å²) < 4.78 is 0. The largest absolute Gasteiger partial charge is 0.399 e. The van der Waals surface area contributed by atoms with Gasteiger partial charge in [-0.25, -0.2) is 4.98 Å². The van der Waals surface area contributed by atoms with Crippen molar-refractivity contribution in [3.63, 3.8) is 0 Å². The topological polar surface area (TPSA) is 100 Å². The fourth-order valence-electron chi connectivity index (χ4n) is 2.36. The molecule has 26 heavy (non-hydrogen) atoms. The van der Waals surface area contributed by atoms with Gasteiger partial charge in [-0.3, -0.25) is 5.43 Å². The van der Waals surface area contributed by atoms with Gasteiger partial charge in [0, 0.05) is 28.8 Å². The molecule has 0 spiro atoms. The Balaban J connectivity index is 1.70. The molecule has 0 bridgehead atoms. The van der Waals surface area contributed by atoms with Gasteiger partial charge in [-0.2, -0.15) is 10.1 Å². The minimum absolute atomic E-state index is 0.510. The average Bonchev–Trinajstić information content (AvgIpc) is 3.48. The minimum atomic E-state index is 0.510. The van der Waals surface area contributed by atoms with Crippen molar-refractivity contribution in [3.05, 3.63) is 47.9 Å². The Morgan fingerprint density at radius 1 is 1.27 bits per heavy atom. The Bertz CT molecular complexity index is 820. The number of hydrogen-bond donors (Lipinski definition) is 4. The van der Waals surface area contributed by atoms with Crippen molar-refractivity contribution in [2.45, 2.75) is 33.6 Å². The standard InChI is InChI=1S/C19H25N7/c1-4-17(26-25-13(3)14-5-6-14)23-18-12(2)11-21-19(24-18)22-16-9-7-15(20)8-10-16/h4,7-11,14,26H,5-6,20H2,1-3H3,(H2,21,22,23,24)/b17-4-,25-13+. The summed E-state index contributed by atoms with van der Waals surface area (Å²) in [7, 11) is 0. The maximum absolute atomic E-state index is 5.71. The van der Waals surface area contributed by atoms with Gasteiger partial charge in [-0.15, -0.1) is 0 Å². The number of allylic oxidation sites excluding steroid dienone is 1. The van der Waals surface area contributed by atoms with Crippen LogP contribution in [0.5, 0.6) is 0 Å². The number of benzene rings is 1. The van der Waals surface area contributed by atoms with Gasteiger partial charge >= 0.3 is 0 Å². The molecule has 7 heteroatoms. The molecule has 0 radical (unpaired) electrons. The fraction of sp³-hybridized carbons (Fsp3) is 0.316. The predicted octanol–water partition coefficient (Wildman–Crippen LogP) is 3.76. The van der Waals surface area contributed by atoms with Crippen molar-refractivity contribution in [2.75, 3.05) is 16.4 Å². The first-order valence-corrected chi connectivity index (χ1v) is 8.75. The maximum atomic E-state index is 5.71. The first kappa shape index (κ1) is 17.7. The summed E-state index contributed by atoms with van der Waals surface area (Å²) in [4.78, 5) is 8.89. The lowest BCUT2D eigenvalue weighted by Crippen LogP contribution is -2.17. The highest BCUT2D eigenvalue weighted by Crippen LogP contribution is 2.30. The van der Waals surface area contributed by atoms with Gasteiger partial charge in [0.05, 0.1) is 0 Å². The second-order valence-corrected chi connectivity index (χ2v) is 6.44. The van der Waals surface area contributed by atoms with E-state index in [-0.39, 0.29) is 0 Å². The van der Waals surface area contributed by atoms with E-state index in [1.165, 1.54) is 12.8 Å². The van der Waals surface area contributed by atoms with E-state index in [1.54, 1.807) is 6.20 Å². The highest BCUT2D eigenvalue weighted by atomic mass is 15.4. The van der Waals surface area contributed by atoms with Gasteiger partial charge < -0.3 is 16.4 Å². The number of aryl methyl sites for hydroxylation is 1. The number of nitrogens with two attached hydrogens (primary N) is 1. The summed E-state index contributed by atoms with van der Waals surface area (Å²) in [6.45, 7) is 5.96. The average molecular weight is 351 g/mol. The molecule has 7 nitrogen and oxygen atoms in total. The van der Waals surface area contributed by atoms with E-state index < -0.39 is 0 Å². The van der Waals surface area contributed by atoms with Crippen LogP contribution >= 0.6 is 0 Å². The van der Waals surface area contributed by atoms with Crippen molar-refractivity contribution in [1.82, 2.24) is 15.4 Å². The zero-order chi connectivity index (χ0) is 18.5. The van der Waals surface area contributed by atoms with Crippen LogP contribution in [-0.4, -0.2) is 15.7 Å². The third kappa shape index (κ3) is 4.72. The van der Waals surface area contributed by atoms with E-state index in [0.29, 0.717) is 17.6 Å². The molecule has 0 aliphatic heterocycles. The second-order valence-electron chi connectivity index (χ2n) is 6.44. The Morgan fingerprint density at radius 2 is 2.00 bits per heavy atom. The van der Waals surface area contributed by atoms with E-state index in [2.05, 4.69) is 38.1 Å². The number of rotatable bonds is 7. The Morgan fingerprint density at radius 3 is 2.65 bits per heavy atom. The second kappa shape index (κ2) is 7.86. The molecule has 1 saturated carbocycles. The fourth-order valence-corrected chi connectivity index (χ4v) is 2.36. The lowest BCUT2D eigenvalue weighted by molar-refractivity contribution is 0.869. The monoisotopic (exact) mass is 351 g/mol. The number of anilines is 4.